The molecule has 0 N–H and O–H groups in total. The second kappa shape index (κ2) is 8.48. The van der Waals surface area contributed by atoms with E-state index in [1.165, 1.54) is 12.5 Å². The summed E-state index contributed by atoms with van der Waals surface area (Å²) in [6.07, 6.45) is 10.0. The molecule has 1 aromatic carbocycles. The largest absolute Gasteiger partial charge is 0.462 e. The lowest BCUT2D eigenvalue weighted by atomic mass is 9.48. The molecule has 34 heavy (non-hydrogen) atoms. The number of hydrogen-bond acceptors (Lipinski definition) is 5. The lowest BCUT2D eigenvalue weighted by molar-refractivity contribution is -0.148. The van der Waals surface area contributed by atoms with Crippen LogP contribution in [0.2, 0.25) is 0 Å². The number of allylic oxidation sites excluding steroid dienone is 1. The minimum Gasteiger partial charge on any atom is -0.462 e. The fourth-order valence-electron chi connectivity index (χ4n) is 7.99. The van der Waals surface area contributed by atoms with Crippen molar-refractivity contribution in [3.05, 3.63) is 41.5 Å². The molecule has 0 aromatic heterocycles. The summed E-state index contributed by atoms with van der Waals surface area (Å²) in [4.78, 5) is 11.7. The fraction of sp³-hybridized carbons (Fsp3) is 0.679. The third kappa shape index (κ3) is 3.95. The Hall–Kier alpha value is -1.66. The molecule has 186 valence electrons. The number of rotatable bonds is 4. The second-order valence-corrected chi connectivity index (χ2v) is 13.3. The van der Waals surface area contributed by atoms with Crippen LogP contribution in [0.15, 0.2) is 40.8 Å². The van der Waals surface area contributed by atoms with Gasteiger partial charge in [-0.3, -0.25) is 8.98 Å². The zero-order valence-electron chi connectivity index (χ0n) is 20.9. The topological polar surface area (TPSA) is 69.7 Å². The van der Waals surface area contributed by atoms with Crippen molar-refractivity contribution in [2.45, 2.75) is 96.2 Å². The minimum absolute atomic E-state index is 0.0125. The van der Waals surface area contributed by atoms with Crippen molar-refractivity contribution in [1.82, 2.24) is 0 Å². The molecule has 4 aliphatic rings. The number of ether oxygens (including phenoxy) is 1. The Labute approximate surface area is 204 Å². The first kappa shape index (κ1) is 24.1. The highest BCUT2D eigenvalue weighted by Gasteiger charge is 2.59. The first-order chi connectivity index (χ1) is 16.0. The summed E-state index contributed by atoms with van der Waals surface area (Å²) in [5, 5.41) is 0. The van der Waals surface area contributed by atoms with Crippen LogP contribution in [0.5, 0.6) is 0 Å². The Morgan fingerprint density at radius 3 is 2.44 bits per heavy atom. The molecular formula is C28H38O5S. The molecule has 0 spiro atoms. The Morgan fingerprint density at radius 2 is 1.74 bits per heavy atom. The third-order valence-corrected chi connectivity index (χ3v) is 11.2. The van der Waals surface area contributed by atoms with E-state index in [0.717, 1.165) is 56.9 Å². The highest BCUT2D eigenvalue weighted by atomic mass is 32.2. The van der Waals surface area contributed by atoms with E-state index in [2.05, 4.69) is 19.9 Å². The maximum absolute atomic E-state index is 13.1. The Kier molecular flexibility index (Phi) is 6.00. The highest BCUT2D eigenvalue weighted by molar-refractivity contribution is 7.86. The summed E-state index contributed by atoms with van der Waals surface area (Å²) in [7, 11) is -3.78. The van der Waals surface area contributed by atoms with Crippen LogP contribution in [0, 0.1) is 35.5 Å². The zero-order chi connectivity index (χ0) is 24.3. The molecule has 0 aliphatic heterocycles. The summed E-state index contributed by atoms with van der Waals surface area (Å²) in [5.74, 6) is 1.46. The Morgan fingerprint density at radius 1 is 1.00 bits per heavy atom. The molecule has 0 saturated heterocycles. The molecule has 0 unspecified atom stereocenters. The number of aryl methyl sites for hydroxylation is 1. The van der Waals surface area contributed by atoms with Crippen LogP contribution in [0.25, 0.3) is 0 Å². The quantitative estimate of drug-likeness (QED) is 0.298. The van der Waals surface area contributed by atoms with Crippen molar-refractivity contribution in [1.29, 1.82) is 0 Å². The van der Waals surface area contributed by atoms with Gasteiger partial charge in [-0.2, -0.15) is 8.42 Å². The van der Waals surface area contributed by atoms with E-state index in [4.69, 9.17) is 8.92 Å². The second-order valence-electron chi connectivity index (χ2n) is 11.7. The molecule has 6 heteroatoms. The van der Waals surface area contributed by atoms with E-state index < -0.39 is 10.1 Å². The van der Waals surface area contributed by atoms with Crippen LogP contribution in [0.1, 0.15) is 77.7 Å². The summed E-state index contributed by atoms with van der Waals surface area (Å²) < 4.78 is 37.7. The molecule has 0 radical (unpaired) electrons. The van der Waals surface area contributed by atoms with Gasteiger partial charge in [0, 0.05) is 13.3 Å². The normalized spacial score (nSPS) is 39.4. The van der Waals surface area contributed by atoms with Crippen molar-refractivity contribution in [3.63, 3.8) is 0 Å². The SMILES string of the molecule is CC(=O)O[C@H]1CC[C@@]2(C)C(=CC[C@@H]3[C@H]4CC[C@H](OS(=O)(=O)c5ccc(C)cc5)[C@@]4(C)CC[C@H]32)C1. The monoisotopic (exact) mass is 486 g/mol. The van der Waals surface area contributed by atoms with Gasteiger partial charge in [-0.25, -0.2) is 0 Å². The smallest absolute Gasteiger partial charge is 0.302 e. The van der Waals surface area contributed by atoms with Gasteiger partial charge in [0.15, 0.2) is 0 Å². The van der Waals surface area contributed by atoms with Gasteiger partial charge in [0.05, 0.1) is 11.0 Å². The Bertz CT molecular complexity index is 1090. The number of esters is 1. The van der Waals surface area contributed by atoms with E-state index in [1.807, 2.05) is 19.1 Å². The number of carbonyl (C=O) groups is 1. The lowest BCUT2D eigenvalue weighted by Gasteiger charge is -2.57. The molecule has 5 rings (SSSR count). The van der Waals surface area contributed by atoms with Gasteiger partial charge in [0.2, 0.25) is 0 Å². The van der Waals surface area contributed by atoms with Gasteiger partial charge in [0.25, 0.3) is 10.1 Å². The van der Waals surface area contributed by atoms with E-state index in [-0.39, 0.29) is 33.9 Å². The molecule has 0 amide bonds. The van der Waals surface area contributed by atoms with Crippen molar-refractivity contribution < 1.29 is 22.1 Å². The minimum atomic E-state index is -3.78. The average Bonchev–Trinajstić information content (AvgIpc) is 3.09. The maximum Gasteiger partial charge on any atom is 0.302 e. The first-order valence-corrected chi connectivity index (χ1v) is 14.3. The molecule has 3 fully saturated rings. The van der Waals surface area contributed by atoms with Crippen molar-refractivity contribution in [2.75, 3.05) is 0 Å². The van der Waals surface area contributed by atoms with Gasteiger partial charge >= 0.3 is 5.97 Å². The molecule has 0 heterocycles. The standard InChI is InChI=1S/C28H38O5S/c1-18-5-8-22(9-6-18)34(30,31)33-26-12-11-24-23-10-7-20-17-21(32-19(2)29)13-15-27(20,3)25(23)14-16-28(24,26)4/h5-9,21,23-26H,10-17H2,1-4H3/t21-,23+,24+,25+,26-,27-,28-/m0/s1. The molecule has 1 aromatic rings. The van der Waals surface area contributed by atoms with Gasteiger partial charge in [0.1, 0.15) is 6.10 Å². The average molecular weight is 487 g/mol. The van der Waals surface area contributed by atoms with Crippen LogP contribution in [0.3, 0.4) is 0 Å². The van der Waals surface area contributed by atoms with Crippen molar-refractivity contribution >= 4 is 16.1 Å². The van der Waals surface area contributed by atoms with Crippen molar-refractivity contribution in [3.8, 4) is 0 Å². The van der Waals surface area contributed by atoms with E-state index >= 15 is 0 Å². The van der Waals surface area contributed by atoms with E-state index in [9.17, 15) is 13.2 Å². The van der Waals surface area contributed by atoms with Crippen LogP contribution < -0.4 is 0 Å². The summed E-state index contributed by atoms with van der Waals surface area (Å²) in [5.41, 5.74) is 2.55. The molecule has 3 saturated carbocycles. The van der Waals surface area contributed by atoms with Crippen LogP contribution in [-0.4, -0.2) is 26.6 Å². The number of fused-ring (bicyclic) bond motifs is 5. The summed E-state index contributed by atoms with van der Waals surface area (Å²) in [6.45, 7) is 8.15. The molecule has 5 nitrogen and oxygen atoms in total. The molecular weight excluding hydrogens is 448 g/mol. The highest BCUT2D eigenvalue weighted by Crippen LogP contribution is 2.65. The first-order valence-electron chi connectivity index (χ1n) is 12.9. The predicted octanol–water partition coefficient (Wildman–Crippen LogP) is 5.96. The van der Waals surface area contributed by atoms with Crippen LogP contribution in [0.4, 0.5) is 0 Å². The van der Waals surface area contributed by atoms with Gasteiger partial charge in [-0.15, -0.1) is 0 Å². The predicted molar refractivity (Wildman–Crippen MR) is 130 cm³/mol. The molecule has 4 aliphatic carbocycles. The molecule has 7 atom stereocenters. The van der Waals surface area contributed by atoms with E-state index in [1.54, 1.807) is 12.1 Å². The number of carbonyl (C=O) groups excluding carboxylic acids is 1. The van der Waals surface area contributed by atoms with E-state index in [0.29, 0.717) is 17.8 Å². The van der Waals surface area contributed by atoms with Gasteiger partial charge in [-0.1, -0.05) is 43.2 Å². The lowest BCUT2D eigenvalue weighted by Crippen LogP contribution is -2.51. The fourth-order valence-corrected chi connectivity index (χ4v) is 9.19. The van der Waals surface area contributed by atoms with Gasteiger partial charge < -0.3 is 4.74 Å². The van der Waals surface area contributed by atoms with Gasteiger partial charge in [-0.05, 0) is 92.6 Å². The van der Waals surface area contributed by atoms with Crippen LogP contribution >= 0.6 is 0 Å². The van der Waals surface area contributed by atoms with Crippen LogP contribution in [-0.2, 0) is 23.8 Å². The number of hydrogen-bond donors (Lipinski definition) is 0. The zero-order valence-corrected chi connectivity index (χ0v) is 21.7. The summed E-state index contributed by atoms with van der Waals surface area (Å²) in [6, 6.07) is 6.94. The molecule has 0 bridgehead atoms. The van der Waals surface area contributed by atoms with Crippen molar-refractivity contribution in [2.24, 2.45) is 28.6 Å². The third-order valence-electron chi connectivity index (χ3n) is 9.86. The number of benzene rings is 1. The maximum atomic E-state index is 13.1. The summed E-state index contributed by atoms with van der Waals surface area (Å²) >= 11 is 0. The Balaban J connectivity index is 1.35.